The zero-order valence-electron chi connectivity index (χ0n) is 18.7. The fraction of sp³-hybridized carbons (Fsp3) is 0.435. The maximum atomic E-state index is 13.0. The lowest BCUT2D eigenvalue weighted by Crippen LogP contribution is -2.38. The number of carbonyl (C=O) groups is 1. The molecule has 10 nitrogen and oxygen atoms in total. The minimum absolute atomic E-state index is 0.00230. The highest BCUT2D eigenvalue weighted by molar-refractivity contribution is 5.79. The minimum Gasteiger partial charge on any atom is -0.477 e. The molecule has 2 N–H and O–H groups in total. The standard InChI is InChI=1S/C23H26N6O4/c1-4-11-33-22-16(12-14(5-2)13-24-22)20-25-18-17(6-3)29(27-19(18)21(30)26-20)15-7-9-28(10-8-15)23(31)32/h2,12-13,15H,4,6-11H2,1,3H3,(H,31,32)(H,25,26,30). The molecule has 0 unspecified atom stereocenters. The molecule has 0 bridgehead atoms. The third kappa shape index (κ3) is 4.26. The number of ether oxygens (including phenoxy) is 1. The number of aromatic nitrogens is 5. The molecule has 0 atom stereocenters. The van der Waals surface area contributed by atoms with E-state index in [1.165, 1.54) is 4.90 Å². The number of rotatable bonds is 6. The molecule has 0 spiro atoms. The van der Waals surface area contributed by atoms with Crippen LogP contribution in [0.1, 0.15) is 50.4 Å². The molecule has 3 aromatic rings. The second-order valence-corrected chi connectivity index (χ2v) is 7.93. The number of hydrogen-bond acceptors (Lipinski definition) is 6. The first-order chi connectivity index (χ1) is 16.0. The summed E-state index contributed by atoms with van der Waals surface area (Å²) in [7, 11) is 0. The van der Waals surface area contributed by atoms with Crippen LogP contribution in [0, 0.1) is 12.3 Å². The zero-order chi connectivity index (χ0) is 23.5. The van der Waals surface area contributed by atoms with Crippen molar-refractivity contribution >= 4 is 17.1 Å². The summed E-state index contributed by atoms with van der Waals surface area (Å²) in [5.74, 6) is 3.22. The Kier molecular flexibility index (Phi) is 6.31. The summed E-state index contributed by atoms with van der Waals surface area (Å²) in [6.45, 7) is 5.30. The van der Waals surface area contributed by atoms with Gasteiger partial charge in [-0.1, -0.05) is 19.8 Å². The SMILES string of the molecule is C#Cc1cnc(OCCC)c(-c2nc3c(CC)n(C4CCN(C(=O)O)CC4)nc3c(=O)[nH]2)c1. The van der Waals surface area contributed by atoms with Crippen molar-refractivity contribution < 1.29 is 14.6 Å². The van der Waals surface area contributed by atoms with Crippen molar-refractivity contribution in [1.82, 2.24) is 29.6 Å². The van der Waals surface area contributed by atoms with Gasteiger partial charge in [0.15, 0.2) is 5.52 Å². The highest BCUT2D eigenvalue weighted by Gasteiger charge is 2.27. The van der Waals surface area contributed by atoms with Gasteiger partial charge in [-0.05, 0) is 31.7 Å². The van der Waals surface area contributed by atoms with Crippen LogP contribution in [0.15, 0.2) is 17.1 Å². The number of aryl methyl sites for hydroxylation is 1. The van der Waals surface area contributed by atoms with Crippen LogP contribution in [-0.4, -0.2) is 60.5 Å². The van der Waals surface area contributed by atoms with Crippen LogP contribution in [0.4, 0.5) is 4.79 Å². The fourth-order valence-electron chi connectivity index (χ4n) is 4.11. The van der Waals surface area contributed by atoms with Crippen LogP contribution >= 0.6 is 0 Å². The van der Waals surface area contributed by atoms with Crippen molar-refractivity contribution in [3.05, 3.63) is 33.9 Å². The van der Waals surface area contributed by atoms with Crippen molar-refractivity contribution in [2.75, 3.05) is 19.7 Å². The van der Waals surface area contributed by atoms with Crippen LogP contribution in [0.2, 0.25) is 0 Å². The van der Waals surface area contributed by atoms with Gasteiger partial charge in [-0.3, -0.25) is 9.48 Å². The Morgan fingerprint density at radius 1 is 1.33 bits per heavy atom. The highest BCUT2D eigenvalue weighted by atomic mass is 16.5. The van der Waals surface area contributed by atoms with E-state index in [-0.39, 0.29) is 17.1 Å². The third-order valence-corrected chi connectivity index (χ3v) is 5.78. The van der Waals surface area contributed by atoms with Gasteiger partial charge in [0.05, 0.1) is 23.9 Å². The van der Waals surface area contributed by atoms with Crippen molar-refractivity contribution in [1.29, 1.82) is 0 Å². The maximum absolute atomic E-state index is 13.0. The molecule has 0 saturated carbocycles. The molecule has 33 heavy (non-hydrogen) atoms. The lowest BCUT2D eigenvalue weighted by Gasteiger charge is -2.30. The van der Waals surface area contributed by atoms with Crippen LogP contribution in [0.3, 0.4) is 0 Å². The number of pyridine rings is 1. The Hall–Kier alpha value is -3.87. The third-order valence-electron chi connectivity index (χ3n) is 5.78. The Bertz CT molecular complexity index is 1280. The van der Waals surface area contributed by atoms with Gasteiger partial charge in [0.2, 0.25) is 5.88 Å². The molecule has 0 aromatic carbocycles. The van der Waals surface area contributed by atoms with Crippen molar-refractivity contribution in [3.63, 3.8) is 0 Å². The predicted octanol–water partition coefficient (Wildman–Crippen LogP) is 2.83. The monoisotopic (exact) mass is 450 g/mol. The van der Waals surface area contributed by atoms with Gasteiger partial charge in [0.25, 0.3) is 5.56 Å². The topological polar surface area (TPSA) is 126 Å². The van der Waals surface area contributed by atoms with Crippen molar-refractivity contribution in [2.45, 2.75) is 45.6 Å². The minimum atomic E-state index is -0.915. The lowest BCUT2D eigenvalue weighted by atomic mass is 10.1. The molecular formula is C23H26N6O4. The van der Waals surface area contributed by atoms with Gasteiger partial charge in [-0.15, -0.1) is 6.42 Å². The molecule has 3 aromatic heterocycles. The maximum Gasteiger partial charge on any atom is 0.407 e. The summed E-state index contributed by atoms with van der Waals surface area (Å²) in [6.07, 6.45) is 8.85. The summed E-state index contributed by atoms with van der Waals surface area (Å²) >= 11 is 0. The van der Waals surface area contributed by atoms with Crippen LogP contribution in [0.5, 0.6) is 5.88 Å². The number of nitrogens with zero attached hydrogens (tertiary/aromatic N) is 5. The second-order valence-electron chi connectivity index (χ2n) is 7.93. The van der Waals surface area contributed by atoms with E-state index < -0.39 is 6.09 Å². The van der Waals surface area contributed by atoms with E-state index in [0.29, 0.717) is 67.3 Å². The number of fused-ring (bicyclic) bond motifs is 1. The molecule has 4 heterocycles. The first-order valence-corrected chi connectivity index (χ1v) is 11.1. The summed E-state index contributed by atoms with van der Waals surface area (Å²) < 4.78 is 7.61. The van der Waals surface area contributed by atoms with Gasteiger partial charge < -0.3 is 19.7 Å². The van der Waals surface area contributed by atoms with Gasteiger partial charge in [-0.2, -0.15) is 5.10 Å². The van der Waals surface area contributed by atoms with Gasteiger partial charge >= 0.3 is 6.09 Å². The molecule has 0 aliphatic carbocycles. The predicted molar refractivity (Wildman–Crippen MR) is 122 cm³/mol. The summed E-state index contributed by atoms with van der Waals surface area (Å²) in [4.78, 5) is 37.5. The normalized spacial score (nSPS) is 14.4. The van der Waals surface area contributed by atoms with E-state index in [2.05, 4.69) is 21.0 Å². The first kappa shape index (κ1) is 22.3. The van der Waals surface area contributed by atoms with Crippen LogP contribution in [-0.2, 0) is 6.42 Å². The molecule has 1 fully saturated rings. The Morgan fingerprint density at radius 3 is 2.73 bits per heavy atom. The molecule has 172 valence electrons. The van der Waals surface area contributed by atoms with Gasteiger partial charge in [-0.25, -0.2) is 14.8 Å². The summed E-state index contributed by atoms with van der Waals surface area (Å²) in [6, 6.07) is 1.72. The fourth-order valence-corrected chi connectivity index (χ4v) is 4.11. The Morgan fingerprint density at radius 2 is 2.09 bits per heavy atom. The number of hydrogen-bond donors (Lipinski definition) is 2. The number of likely N-dealkylation sites (tertiary alicyclic amines) is 1. The van der Waals surface area contributed by atoms with E-state index in [4.69, 9.17) is 16.1 Å². The average molecular weight is 450 g/mol. The zero-order valence-corrected chi connectivity index (χ0v) is 18.7. The first-order valence-electron chi connectivity index (χ1n) is 11.1. The van der Waals surface area contributed by atoms with Crippen LogP contribution < -0.4 is 10.3 Å². The molecule has 1 aliphatic heterocycles. The van der Waals surface area contributed by atoms with E-state index >= 15 is 0 Å². The van der Waals surface area contributed by atoms with E-state index in [0.717, 1.165) is 12.1 Å². The quantitative estimate of drug-likeness (QED) is 0.553. The molecule has 1 aliphatic rings. The number of amides is 1. The number of terminal acetylenes is 1. The molecule has 1 saturated heterocycles. The van der Waals surface area contributed by atoms with E-state index in [1.54, 1.807) is 12.3 Å². The Labute approximate surface area is 190 Å². The highest BCUT2D eigenvalue weighted by Crippen LogP contribution is 2.30. The number of H-pyrrole nitrogens is 1. The van der Waals surface area contributed by atoms with E-state index in [9.17, 15) is 14.7 Å². The molecule has 1 amide bonds. The average Bonchev–Trinajstić information content (AvgIpc) is 3.21. The number of carboxylic acid groups (broad SMARTS) is 1. The molecular weight excluding hydrogens is 424 g/mol. The number of nitrogens with one attached hydrogen (secondary N) is 1. The van der Waals surface area contributed by atoms with Gasteiger partial charge in [0, 0.05) is 24.8 Å². The second kappa shape index (κ2) is 9.32. The molecule has 4 rings (SSSR count). The lowest BCUT2D eigenvalue weighted by molar-refractivity contribution is 0.123. The van der Waals surface area contributed by atoms with Crippen LogP contribution in [0.25, 0.3) is 22.4 Å². The Balaban J connectivity index is 1.79. The smallest absolute Gasteiger partial charge is 0.407 e. The number of piperidine rings is 1. The number of aromatic amines is 1. The molecule has 10 heteroatoms. The largest absolute Gasteiger partial charge is 0.477 e. The van der Waals surface area contributed by atoms with Crippen molar-refractivity contribution in [3.8, 4) is 29.6 Å². The van der Waals surface area contributed by atoms with E-state index in [1.807, 2.05) is 18.5 Å². The summed E-state index contributed by atoms with van der Waals surface area (Å²) in [5.41, 5.74) is 2.32. The molecule has 0 radical (unpaired) electrons. The van der Waals surface area contributed by atoms with Gasteiger partial charge in [0.1, 0.15) is 11.3 Å². The summed E-state index contributed by atoms with van der Waals surface area (Å²) in [5, 5.41) is 13.8. The van der Waals surface area contributed by atoms with Crippen molar-refractivity contribution in [2.24, 2.45) is 0 Å².